The van der Waals surface area contributed by atoms with Crippen molar-refractivity contribution >= 4 is 11.8 Å². The molecule has 1 aliphatic heterocycles. The summed E-state index contributed by atoms with van der Waals surface area (Å²) >= 11 is 2.05. The van der Waals surface area contributed by atoms with Gasteiger partial charge in [0, 0.05) is 18.3 Å². The lowest BCUT2D eigenvalue weighted by Crippen LogP contribution is -2.27. The van der Waals surface area contributed by atoms with Crippen LogP contribution in [-0.2, 0) is 4.74 Å². The Bertz CT molecular complexity index is 550. The molecule has 0 radical (unpaired) electrons. The molecule has 0 aromatic carbocycles. The highest BCUT2D eigenvalue weighted by molar-refractivity contribution is 8.04. The van der Waals surface area contributed by atoms with Crippen LogP contribution in [0.3, 0.4) is 0 Å². The SMILES string of the molecule is C=C(O)C1C2=C(CCC(C)(C)C2)S[C@H]1C1C2CCCC21OC. The molecule has 1 heterocycles. The molecule has 3 heteroatoms. The number of rotatable bonds is 3. The Kier molecular flexibility index (Phi) is 3.30. The van der Waals surface area contributed by atoms with E-state index in [-0.39, 0.29) is 11.5 Å². The van der Waals surface area contributed by atoms with Crippen molar-refractivity contribution in [3.8, 4) is 0 Å². The second-order valence-electron chi connectivity index (χ2n) is 8.52. The summed E-state index contributed by atoms with van der Waals surface area (Å²) in [5, 5.41) is 10.8. The average molecular weight is 320 g/mol. The summed E-state index contributed by atoms with van der Waals surface area (Å²) in [7, 11) is 1.89. The van der Waals surface area contributed by atoms with Crippen molar-refractivity contribution in [2.45, 2.75) is 63.2 Å². The quantitative estimate of drug-likeness (QED) is 0.736. The first-order valence-corrected chi connectivity index (χ1v) is 9.59. The maximum absolute atomic E-state index is 10.3. The summed E-state index contributed by atoms with van der Waals surface area (Å²) in [4.78, 5) is 1.56. The van der Waals surface area contributed by atoms with Gasteiger partial charge in [0.15, 0.2) is 0 Å². The van der Waals surface area contributed by atoms with Crippen molar-refractivity contribution < 1.29 is 9.84 Å². The fourth-order valence-corrected chi connectivity index (χ4v) is 7.55. The standard InChI is InChI=1S/C19H28O2S/c1-11(20)15-12-10-18(2,3)9-7-14(12)22-17(15)16-13-6-5-8-19(13,16)21-4/h13,15-17,20H,1,5-10H2,2-4H3/t13?,15?,16?,17-,19?/m1/s1. The Morgan fingerprint density at radius 3 is 2.77 bits per heavy atom. The lowest BCUT2D eigenvalue weighted by molar-refractivity contribution is 0.0586. The van der Waals surface area contributed by atoms with Gasteiger partial charge >= 0.3 is 0 Å². The highest BCUT2D eigenvalue weighted by atomic mass is 32.2. The molecule has 0 aromatic heterocycles. The van der Waals surface area contributed by atoms with Crippen LogP contribution in [0.15, 0.2) is 22.8 Å². The second kappa shape index (κ2) is 4.80. The number of fused-ring (bicyclic) bond motifs is 1. The number of allylic oxidation sites excluding steroid dienone is 2. The van der Waals surface area contributed by atoms with Gasteiger partial charge in [-0.1, -0.05) is 26.8 Å². The third kappa shape index (κ3) is 1.97. The highest BCUT2D eigenvalue weighted by Gasteiger charge is 2.71. The fraction of sp³-hybridized carbons (Fsp3) is 0.789. The van der Waals surface area contributed by atoms with E-state index in [9.17, 15) is 5.11 Å². The normalized spacial score (nSPS) is 45.6. The number of hydrogen-bond donors (Lipinski definition) is 1. The molecule has 0 bridgehead atoms. The molecule has 4 rings (SSSR count). The number of ether oxygens (including phenoxy) is 1. The summed E-state index contributed by atoms with van der Waals surface area (Å²) in [6.45, 7) is 8.66. The Labute approximate surface area is 138 Å². The molecular formula is C19H28O2S. The van der Waals surface area contributed by atoms with Crippen LogP contribution in [0.4, 0.5) is 0 Å². The van der Waals surface area contributed by atoms with Crippen LogP contribution in [0.5, 0.6) is 0 Å². The van der Waals surface area contributed by atoms with Crippen molar-refractivity contribution in [2.75, 3.05) is 7.11 Å². The van der Waals surface area contributed by atoms with E-state index in [2.05, 4.69) is 32.2 Å². The first kappa shape index (κ1) is 15.1. The molecule has 1 N–H and O–H groups in total. The average Bonchev–Trinajstić information content (AvgIpc) is 2.78. The van der Waals surface area contributed by atoms with Gasteiger partial charge in [-0.05, 0) is 53.9 Å². The molecule has 2 fully saturated rings. The van der Waals surface area contributed by atoms with Crippen molar-refractivity contribution in [2.24, 2.45) is 23.2 Å². The molecule has 4 aliphatic rings. The van der Waals surface area contributed by atoms with E-state index < -0.39 is 0 Å². The smallest absolute Gasteiger partial charge is 0.0934 e. The van der Waals surface area contributed by atoms with Gasteiger partial charge in [-0.2, -0.15) is 0 Å². The van der Waals surface area contributed by atoms with E-state index >= 15 is 0 Å². The van der Waals surface area contributed by atoms with Gasteiger partial charge in [0.25, 0.3) is 0 Å². The highest BCUT2D eigenvalue weighted by Crippen LogP contribution is 2.70. The van der Waals surface area contributed by atoms with Gasteiger partial charge in [0.1, 0.15) is 0 Å². The van der Waals surface area contributed by atoms with Crippen molar-refractivity contribution in [1.29, 1.82) is 0 Å². The molecule has 3 aliphatic carbocycles. The summed E-state index contributed by atoms with van der Waals surface area (Å²) in [5.74, 6) is 1.88. The topological polar surface area (TPSA) is 29.5 Å². The molecule has 22 heavy (non-hydrogen) atoms. The molecule has 0 amide bonds. The van der Waals surface area contributed by atoms with E-state index in [0.717, 1.165) is 6.42 Å². The van der Waals surface area contributed by atoms with E-state index in [1.54, 1.807) is 4.91 Å². The summed E-state index contributed by atoms with van der Waals surface area (Å²) in [5.41, 5.74) is 1.98. The molecule has 0 saturated heterocycles. The largest absolute Gasteiger partial charge is 0.512 e. The first-order valence-electron chi connectivity index (χ1n) is 8.71. The number of thioether (sulfide) groups is 1. The molecule has 4 unspecified atom stereocenters. The van der Waals surface area contributed by atoms with Gasteiger partial charge in [-0.3, -0.25) is 0 Å². The number of methoxy groups -OCH3 is 1. The van der Waals surface area contributed by atoms with E-state index in [1.165, 1.54) is 37.7 Å². The van der Waals surface area contributed by atoms with Crippen LogP contribution >= 0.6 is 11.8 Å². The lowest BCUT2D eigenvalue weighted by atomic mass is 9.72. The van der Waals surface area contributed by atoms with Gasteiger partial charge < -0.3 is 9.84 Å². The molecular weight excluding hydrogens is 292 g/mol. The number of aliphatic hydroxyl groups is 1. The third-order valence-corrected chi connectivity index (χ3v) is 8.32. The maximum atomic E-state index is 10.3. The van der Waals surface area contributed by atoms with E-state index in [4.69, 9.17) is 4.74 Å². The van der Waals surface area contributed by atoms with Crippen molar-refractivity contribution in [3.05, 3.63) is 22.8 Å². The molecule has 2 nitrogen and oxygen atoms in total. The van der Waals surface area contributed by atoms with Crippen LogP contribution in [0, 0.1) is 23.2 Å². The van der Waals surface area contributed by atoms with Gasteiger partial charge in [0.2, 0.25) is 0 Å². The molecule has 122 valence electrons. The molecule has 2 saturated carbocycles. The number of hydrogen-bond acceptors (Lipinski definition) is 3. The monoisotopic (exact) mass is 320 g/mol. The maximum Gasteiger partial charge on any atom is 0.0934 e. The molecule has 0 spiro atoms. The van der Waals surface area contributed by atoms with Crippen LogP contribution < -0.4 is 0 Å². The van der Waals surface area contributed by atoms with E-state index in [0.29, 0.717) is 28.3 Å². The van der Waals surface area contributed by atoms with Crippen LogP contribution in [0.2, 0.25) is 0 Å². The summed E-state index contributed by atoms with van der Waals surface area (Å²) in [6.07, 6.45) is 7.38. The lowest BCUT2D eigenvalue weighted by Gasteiger charge is -2.32. The first-order chi connectivity index (χ1) is 10.4. The fourth-order valence-electron chi connectivity index (χ4n) is 5.63. The van der Waals surface area contributed by atoms with Crippen LogP contribution in [-0.4, -0.2) is 23.1 Å². The second-order valence-corrected chi connectivity index (χ2v) is 9.80. The Balaban J connectivity index is 1.63. The van der Waals surface area contributed by atoms with Gasteiger partial charge in [0.05, 0.1) is 17.3 Å². The third-order valence-electron chi connectivity index (χ3n) is 6.73. The minimum atomic E-state index is 0.121. The van der Waals surface area contributed by atoms with E-state index in [1.807, 2.05) is 7.11 Å². The zero-order valence-corrected chi connectivity index (χ0v) is 14.8. The van der Waals surface area contributed by atoms with Gasteiger partial charge in [-0.15, -0.1) is 11.8 Å². The van der Waals surface area contributed by atoms with Crippen molar-refractivity contribution in [1.82, 2.24) is 0 Å². The van der Waals surface area contributed by atoms with Crippen LogP contribution in [0.1, 0.15) is 52.4 Å². The number of aliphatic hydroxyl groups excluding tert-OH is 1. The van der Waals surface area contributed by atoms with Gasteiger partial charge in [-0.25, -0.2) is 0 Å². The summed E-state index contributed by atoms with van der Waals surface area (Å²) in [6, 6.07) is 0. The Morgan fingerprint density at radius 2 is 2.14 bits per heavy atom. The summed E-state index contributed by atoms with van der Waals surface area (Å²) < 4.78 is 5.98. The minimum Gasteiger partial charge on any atom is -0.512 e. The Morgan fingerprint density at radius 1 is 1.36 bits per heavy atom. The zero-order valence-electron chi connectivity index (χ0n) is 14.0. The Hall–Kier alpha value is -0.410. The predicted octanol–water partition coefficient (Wildman–Crippen LogP) is 5.07. The molecule has 0 aromatic rings. The zero-order chi connectivity index (χ0) is 15.7. The minimum absolute atomic E-state index is 0.121. The van der Waals surface area contributed by atoms with Crippen molar-refractivity contribution in [3.63, 3.8) is 0 Å². The van der Waals surface area contributed by atoms with Crippen LogP contribution in [0.25, 0.3) is 0 Å². The predicted molar refractivity (Wildman–Crippen MR) is 91.9 cm³/mol. The molecule has 5 atom stereocenters.